The van der Waals surface area contributed by atoms with Gasteiger partial charge in [-0.2, -0.15) is 0 Å². The summed E-state index contributed by atoms with van der Waals surface area (Å²) in [6, 6.07) is 9.62. The molecule has 2 aromatic rings. The van der Waals surface area contributed by atoms with Crippen molar-refractivity contribution in [3.05, 3.63) is 56.9 Å². The third kappa shape index (κ3) is 4.34. The molecule has 0 aliphatic heterocycles. The van der Waals surface area contributed by atoms with E-state index in [2.05, 4.69) is 0 Å². The number of ether oxygens (including phenoxy) is 3. The van der Waals surface area contributed by atoms with E-state index in [0.29, 0.717) is 32.8 Å². The molecular weight excluding hydrogens is 414 g/mol. The molecule has 0 radical (unpaired) electrons. The van der Waals surface area contributed by atoms with Crippen molar-refractivity contribution in [3.63, 3.8) is 0 Å². The standard InChI is InChI=1S/C17H16FIO4/c1-3-22-15-9-12(17(20)21-2)8-14(19)16(15)23-10-11-6-4-5-7-13(11)18/h4-9H,3,10H2,1-2H3. The summed E-state index contributed by atoms with van der Waals surface area (Å²) in [4.78, 5) is 11.7. The molecule has 0 bridgehead atoms. The van der Waals surface area contributed by atoms with Gasteiger partial charge in [-0.15, -0.1) is 0 Å². The summed E-state index contributed by atoms with van der Waals surface area (Å²) in [5.74, 6) is 0.121. The zero-order valence-electron chi connectivity index (χ0n) is 12.8. The second kappa shape index (κ2) is 8.14. The van der Waals surface area contributed by atoms with Crippen LogP contribution in [0.5, 0.6) is 11.5 Å². The van der Waals surface area contributed by atoms with Crippen molar-refractivity contribution in [2.24, 2.45) is 0 Å². The lowest BCUT2D eigenvalue weighted by Crippen LogP contribution is -2.06. The number of rotatable bonds is 6. The van der Waals surface area contributed by atoms with Crippen LogP contribution >= 0.6 is 22.6 Å². The zero-order valence-corrected chi connectivity index (χ0v) is 14.9. The van der Waals surface area contributed by atoms with Crippen LogP contribution in [0.2, 0.25) is 0 Å². The van der Waals surface area contributed by atoms with Crippen molar-refractivity contribution < 1.29 is 23.4 Å². The topological polar surface area (TPSA) is 44.8 Å². The lowest BCUT2D eigenvalue weighted by atomic mass is 10.2. The highest BCUT2D eigenvalue weighted by Gasteiger charge is 2.17. The molecule has 0 aliphatic rings. The van der Waals surface area contributed by atoms with E-state index in [1.54, 1.807) is 30.3 Å². The smallest absolute Gasteiger partial charge is 0.338 e. The third-order valence-electron chi connectivity index (χ3n) is 3.06. The van der Waals surface area contributed by atoms with Crippen molar-refractivity contribution >= 4 is 28.6 Å². The first kappa shape index (κ1) is 17.5. The van der Waals surface area contributed by atoms with Gasteiger partial charge in [-0.1, -0.05) is 18.2 Å². The van der Waals surface area contributed by atoms with Crippen LogP contribution in [-0.4, -0.2) is 19.7 Å². The highest BCUT2D eigenvalue weighted by Crippen LogP contribution is 2.35. The van der Waals surface area contributed by atoms with Gasteiger partial charge in [0, 0.05) is 5.56 Å². The number of carbonyl (C=O) groups is 1. The summed E-state index contributed by atoms with van der Waals surface area (Å²) >= 11 is 2.05. The SMILES string of the molecule is CCOc1cc(C(=O)OC)cc(I)c1OCc1ccccc1F. The first-order valence-electron chi connectivity index (χ1n) is 6.97. The molecule has 0 atom stereocenters. The number of methoxy groups -OCH3 is 1. The molecule has 0 N–H and O–H groups in total. The molecule has 23 heavy (non-hydrogen) atoms. The van der Waals surface area contributed by atoms with Crippen LogP contribution in [-0.2, 0) is 11.3 Å². The molecule has 122 valence electrons. The van der Waals surface area contributed by atoms with Crippen LogP contribution < -0.4 is 9.47 Å². The Bertz CT molecular complexity index is 703. The van der Waals surface area contributed by atoms with E-state index in [4.69, 9.17) is 14.2 Å². The van der Waals surface area contributed by atoms with Crippen LogP contribution in [0.4, 0.5) is 4.39 Å². The van der Waals surface area contributed by atoms with E-state index in [0.717, 1.165) is 0 Å². The van der Waals surface area contributed by atoms with Crippen molar-refractivity contribution in [2.75, 3.05) is 13.7 Å². The summed E-state index contributed by atoms with van der Waals surface area (Å²) in [5.41, 5.74) is 0.821. The summed E-state index contributed by atoms with van der Waals surface area (Å²) < 4.78 is 30.4. The predicted molar refractivity (Wildman–Crippen MR) is 92.4 cm³/mol. The van der Waals surface area contributed by atoms with Crippen LogP contribution in [0.1, 0.15) is 22.8 Å². The molecule has 6 heteroatoms. The Hall–Kier alpha value is -1.83. The minimum atomic E-state index is -0.454. The number of hydrogen-bond donors (Lipinski definition) is 0. The normalized spacial score (nSPS) is 10.3. The van der Waals surface area contributed by atoms with Gasteiger partial charge in [-0.25, -0.2) is 9.18 Å². The highest BCUT2D eigenvalue weighted by molar-refractivity contribution is 14.1. The average Bonchev–Trinajstić information content (AvgIpc) is 2.55. The second-order valence-electron chi connectivity index (χ2n) is 4.59. The van der Waals surface area contributed by atoms with Crippen molar-refractivity contribution in [2.45, 2.75) is 13.5 Å². The van der Waals surface area contributed by atoms with Crippen LogP contribution in [0, 0.1) is 9.39 Å². The quantitative estimate of drug-likeness (QED) is 0.509. The second-order valence-corrected chi connectivity index (χ2v) is 5.75. The fourth-order valence-electron chi connectivity index (χ4n) is 1.97. The van der Waals surface area contributed by atoms with Gasteiger partial charge >= 0.3 is 5.97 Å². The minimum absolute atomic E-state index is 0.0698. The van der Waals surface area contributed by atoms with Gasteiger partial charge in [-0.3, -0.25) is 0 Å². The molecule has 0 spiro atoms. The fourth-order valence-corrected chi connectivity index (χ4v) is 2.73. The third-order valence-corrected chi connectivity index (χ3v) is 3.86. The summed E-state index contributed by atoms with van der Waals surface area (Å²) in [7, 11) is 1.32. The van der Waals surface area contributed by atoms with E-state index < -0.39 is 5.97 Å². The predicted octanol–water partition coefficient (Wildman–Crippen LogP) is 4.19. The van der Waals surface area contributed by atoms with Gasteiger partial charge in [0.15, 0.2) is 11.5 Å². The van der Waals surface area contributed by atoms with Crippen molar-refractivity contribution in [1.29, 1.82) is 0 Å². The zero-order chi connectivity index (χ0) is 16.8. The van der Waals surface area contributed by atoms with Gasteiger partial charge in [0.05, 0.1) is 22.9 Å². The Morgan fingerprint density at radius 2 is 1.96 bits per heavy atom. The van der Waals surface area contributed by atoms with E-state index >= 15 is 0 Å². The molecule has 0 aromatic heterocycles. The maximum Gasteiger partial charge on any atom is 0.338 e. The molecule has 0 unspecified atom stereocenters. The highest BCUT2D eigenvalue weighted by atomic mass is 127. The number of esters is 1. The number of benzene rings is 2. The van der Waals surface area contributed by atoms with E-state index in [1.807, 2.05) is 29.5 Å². The van der Waals surface area contributed by atoms with Crippen LogP contribution in [0.25, 0.3) is 0 Å². The van der Waals surface area contributed by atoms with E-state index in [1.165, 1.54) is 13.2 Å². The molecule has 0 aliphatic carbocycles. The Morgan fingerprint density at radius 1 is 1.22 bits per heavy atom. The van der Waals surface area contributed by atoms with Crippen molar-refractivity contribution in [1.82, 2.24) is 0 Å². The fraction of sp³-hybridized carbons (Fsp3) is 0.235. The number of hydrogen-bond acceptors (Lipinski definition) is 4. The van der Waals surface area contributed by atoms with Crippen molar-refractivity contribution in [3.8, 4) is 11.5 Å². The van der Waals surface area contributed by atoms with E-state index in [-0.39, 0.29) is 12.4 Å². The summed E-state index contributed by atoms with van der Waals surface area (Å²) in [6.07, 6.45) is 0. The molecule has 2 rings (SSSR count). The largest absolute Gasteiger partial charge is 0.490 e. The number of carbonyl (C=O) groups excluding carboxylic acids is 1. The Morgan fingerprint density at radius 3 is 2.61 bits per heavy atom. The Labute approximate surface area is 147 Å². The summed E-state index contributed by atoms with van der Waals surface area (Å²) in [5, 5.41) is 0. The molecule has 0 amide bonds. The van der Waals surface area contributed by atoms with Crippen LogP contribution in [0.15, 0.2) is 36.4 Å². The van der Waals surface area contributed by atoms with Gasteiger partial charge in [-0.05, 0) is 47.7 Å². The van der Waals surface area contributed by atoms with Gasteiger partial charge < -0.3 is 14.2 Å². The summed E-state index contributed by atoms with van der Waals surface area (Å²) in [6.45, 7) is 2.31. The average molecular weight is 430 g/mol. The molecule has 0 saturated carbocycles. The monoisotopic (exact) mass is 430 g/mol. The van der Waals surface area contributed by atoms with Gasteiger partial charge in [0.2, 0.25) is 0 Å². The first-order chi connectivity index (χ1) is 11.1. The Kier molecular flexibility index (Phi) is 6.20. The minimum Gasteiger partial charge on any atom is -0.490 e. The number of halogens is 2. The van der Waals surface area contributed by atoms with Crippen LogP contribution in [0.3, 0.4) is 0 Å². The molecule has 2 aromatic carbocycles. The molecule has 0 saturated heterocycles. The first-order valence-corrected chi connectivity index (χ1v) is 8.05. The van der Waals surface area contributed by atoms with Gasteiger partial charge in [0.1, 0.15) is 12.4 Å². The molecule has 0 heterocycles. The molecule has 0 fully saturated rings. The maximum atomic E-state index is 13.7. The lowest BCUT2D eigenvalue weighted by molar-refractivity contribution is 0.0600. The lowest BCUT2D eigenvalue weighted by Gasteiger charge is -2.15. The van der Waals surface area contributed by atoms with Gasteiger partial charge in [0.25, 0.3) is 0 Å². The van der Waals surface area contributed by atoms with E-state index in [9.17, 15) is 9.18 Å². The molecular formula is C17H16FIO4. The Balaban J connectivity index is 2.29. The maximum absolute atomic E-state index is 13.7. The molecule has 4 nitrogen and oxygen atoms in total.